The lowest BCUT2D eigenvalue weighted by Gasteiger charge is -2.15. The summed E-state index contributed by atoms with van der Waals surface area (Å²) in [6.07, 6.45) is 1.63. The van der Waals surface area contributed by atoms with Crippen molar-refractivity contribution in [3.63, 3.8) is 0 Å². The highest BCUT2D eigenvalue weighted by molar-refractivity contribution is 6.16. The standard InChI is InChI=1S/C26H24O7/c1-28-18-13-19(29-2)24-20(14-18)33-21(25(24)27)10-17-11-22(30-3)26(23(12-17)31-4)32-15-16-8-6-5-7-9-16/h5-14H,15H2,1-4H3/b21-10-. The molecule has 4 rings (SSSR count). The number of fused-ring (bicyclic) bond motifs is 1. The highest BCUT2D eigenvalue weighted by Crippen LogP contribution is 2.43. The predicted octanol–water partition coefficient (Wildman–Crippen LogP) is 4.92. The van der Waals surface area contributed by atoms with Crippen LogP contribution in [0.25, 0.3) is 6.08 Å². The van der Waals surface area contributed by atoms with Crippen molar-refractivity contribution in [1.29, 1.82) is 0 Å². The van der Waals surface area contributed by atoms with Crippen molar-refractivity contribution in [3.05, 3.63) is 77.0 Å². The molecule has 1 heterocycles. The number of benzene rings is 3. The summed E-state index contributed by atoms with van der Waals surface area (Å²) in [6, 6.07) is 16.6. The Labute approximate surface area is 192 Å². The second kappa shape index (κ2) is 9.56. The molecule has 0 fully saturated rings. The molecule has 3 aromatic rings. The molecule has 1 aliphatic heterocycles. The summed E-state index contributed by atoms with van der Waals surface area (Å²) in [7, 11) is 6.12. The zero-order valence-electron chi connectivity index (χ0n) is 18.8. The third-order valence-electron chi connectivity index (χ3n) is 5.17. The molecule has 0 N–H and O–H groups in total. The van der Waals surface area contributed by atoms with E-state index in [1.807, 2.05) is 30.3 Å². The average molecular weight is 448 g/mol. The van der Waals surface area contributed by atoms with Gasteiger partial charge in [-0.05, 0) is 29.3 Å². The van der Waals surface area contributed by atoms with E-state index in [1.54, 1.807) is 44.6 Å². The van der Waals surface area contributed by atoms with Crippen molar-refractivity contribution >= 4 is 11.9 Å². The van der Waals surface area contributed by atoms with Crippen LogP contribution in [0.1, 0.15) is 21.5 Å². The van der Waals surface area contributed by atoms with Crippen LogP contribution in [-0.4, -0.2) is 34.2 Å². The van der Waals surface area contributed by atoms with Crippen molar-refractivity contribution in [3.8, 4) is 34.5 Å². The molecular weight excluding hydrogens is 424 g/mol. The first-order valence-electron chi connectivity index (χ1n) is 10.2. The largest absolute Gasteiger partial charge is 0.496 e. The summed E-state index contributed by atoms with van der Waals surface area (Å²) in [4.78, 5) is 13.0. The molecule has 7 heteroatoms. The Morgan fingerprint density at radius 3 is 2.09 bits per heavy atom. The van der Waals surface area contributed by atoms with Gasteiger partial charge < -0.3 is 28.4 Å². The Hall–Kier alpha value is -4.13. The number of hydrogen-bond acceptors (Lipinski definition) is 7. The molecule has 0 aromatic heterocycles. The molecule has 0 unspecified atom stereocenters. The number of hydrogen-bond donors (Lipinski definition) is 0. The van der Waals surface area contributed by atoms with E-state index in [1.165, 1.54) is 14.2 Å². The Bertz CT molecular complexity index is 1170. The Balaban J connectivity index is 1.66. The number of ether oxygens (including phenoxy) is 6. The first kappa shape index (κ1) is 22.1. The van der Waals surface area contributed by atoms with Gasteiger partial charge in [0.25, 0.3) is 0 Å². The average Bonchev–Trinajstić information content (AvgIpc) is 3.17. The van der Waals surface area contributed by atoms with Crippen molar-refractivity contribution in [1.82, 2.24) is 0 Å². The summed E-state index contributed by atoms with van der Waals surface area (Å²) in [5.41, 5.74) is 2.02. The van der Waals surface area contributed by atoms with Crippen LogP contribution in [-0.2, 0) is 6.61 Å². The summed E-state index contributed by atoms with van der Waals surface area (Å²) in [5.74, 6) is 2.58. The van der Waals surface area contributed by atoms with E-state index in [4.69, 9.17) is 28.4 Å². The number of methoxy groups -OCH3 is 4. The maximum absolute atomic E-state index is 13.0. The molecule has 3 aromatic carbocycles. The Kier molecular flexibility index (Phi) is 6.40. The van der Waals surface area contributed by atoms with E-state index < -0.39 is 0 Å². The second-order valence-electron chi connectivity index (χ2n) is 7.17. The van der Waals surface area contributed by atoms with Crippen LogP contribution < -0.4 is 28.4 Å². The zero-order chi connectivity index (χ0) is 23.4. The van der Waals surface area contributed by atoms with Crippen LogP contribution in [0.4, 0.5) is 0 Å². The number of allylic oxidation sites excluding steroid dienone is 1. The maximum atomic E-state index is 13.0. The van der Waals surface area contributed by atoms with Gasteiger partial charge in [0.2, 0.25) is 11.5 Å². The molecule has 0 bridgehead atoms. The second-order valence-corrected chi connectivity index (χ2v) is 7.17. The van der Waals surface area contributed by atoms with Gasteiger partial charge in [0.05, 0.1) is 28.4 Å². The fourth-order valence-corrected chi connectivity index (χ4v) is 3.54. The summed E-state index contributed by atoms with van der Waals surface area (Å²) < 4.78 is 33.5. The van der Waals surface area contributed by atoms with Gasteiger partial charge >= 0.3 is 0 Å². The quantitative estimate of drug-likeness (QED) is 0.453. The molecule has 7 nitrogen and oxygen atoms in total. The first-order chi connectivity index (χ1) is 16.1. The van der Waals surface area contributed by atoms with E-state index in [2.05, 4.69) is 0 Å². The number of carbonyl (C=O) groups is 1. The van der Waals surface area contributed by atoms with Gasteiger partial charge in [-0.15, -0.1) is 0 Å². The first-order valence-corrected chi connectivity index (χ1v) is 10.2. The van der Waals surface area contributed by atoms with E-state index >= 15 is 0 Å². The van der Waals surface area contributed by atoms with Crippen LogP contribution in [0.15, 0.2) is 60.4 Å². The Morgan fingerprint density at radius 2 is 1.48 bits per heavy atom. The number of carbonyl (C=O) groups excluding carboxylic acids is 1. The molecule has 0 saturated carbocycles. The van der Waals surface area contributed by atoms with Gasteiger partial charge in [-0.25, -0.2) is 0 Å². The highest BCUT2D eigenvalue weighted by Gasteiger charge is 2.32. The lowest BCUT2D eigenvalue weighted by molar-refractivity contribution is 0.101. The van der Waals surface area contributed by atoms with Gasteiger partial charge in [0.1, 0.15) is 29.4 Å². The monoisotopic (exact) mass is 448 g/mol. The molecule has 0 spiro atoms. The Morgan fingerprint density at radius 1 is 0.818 bits per heavy atom. The normalized spacial score (nSPS) is 13.3. The molecule has 1 aliphatic rings. The summed E-state index contributed by atoms with van der Waals surface area (Å²) in [6.45, 7) is 0.354. The molecule has 170 valence electrons. The molecule has 0 amide bonds. The fourth-order valence-electron chi connectivity index (χ4n) is 3.54. The summed E-state index contributed by atoms with van der Waals surface area (Å²) in [5, 5.41) is 0. The van der Waals surface area contributed by atoms with E-state index in [0.29, 0.717) is 52.2 Å². The van der Waals surface area contributed by atoms with Crippen molar-refractivity contribution in [2.24, 2.45) is 0 Å². The van der Waals surface area contributed by atoms with Gasteiger partial charge in [-0.3, -0.25) is 4.79 Å². The summed E-state index contributed by atoms with van der Waals surface area (Å²) >= 11 is 0. The van der Waals surface area contributed by atoms with Crippen LogP contribution >= 0.6 is 0 Å². The molecular formula is C26H24O7. The minimum atomic E-state index is -0.285. The molecule has 0 aliphatic carbocycles. The third-order valence-corrected chi connectivity index (χ3v) is 5.17. The predicted molar refractivity (Wildman–Crippen MR) is 123 cm³/mol. The van der Waals surface area contributed by atoms with E-state index in [0.717, 1.165) is 5.56 Å². The van der Waals surface area contributed by atoms with Gasteiger partial charge in [0.15, 0.2) is 17.3 Å². The maximum Gasteiger partial charge on any atom is 0.235 e. The highest BCUT2D eigenvalue weighted by atomic mass is 16.5. The number of ketones is 1. The lowest BCUT2D eigenvalue weighted by atomic mass is 10.1. The molecule has 0 radical (unpaired) electrons. The minimum Gasteiger partial charge on any atom is -0.496 e. The van der Waals surface area contributed by atoms with Crippen molar-refractivity contribution < 1.29 is 33.2 Å². The molecule has 33 heavy (non-hydrogen) atoms. The SMILES string of the molecule is COc1cc(OC)c2c(c1)O/C(=C\c1cc(OC)c(OCc3ccccc3)c(OC)c1)C2=O. The zero-order valence-corrected chi connectivity index (χ0v) is 18.8. The van der Waals surface area contributed by atoms with Crippen molar-refractivity contribution in [2.75, 3.05) is 28.4 Å². The molecule has 0 saturated heterocycles. The number of rotatable bonds is 8. The van der Waals surface area contributed by atoms with Crippen LogP contribution in [0.2, 0.25) is 0 Å². The van der Waals surface area contributed by atoms with Gasteiger partial charge in [-0.2, -0.15) is 0 Å². The van der Waals surface area contributed by atoms with Gasteiger partial charge in [0, 0.05) is 12.1 Å². The minimum absolute atomic E-state index is 0.151. The van der Waals surface area contributed by atoms with Crippen LogP contribution in [0.5, 0.6) is 34.5 Å². The van der Waals surface area contributed by atoms with Crippen molar-refractivity contribution in [2.45, 2.75) is 6.61 Å². The van der Waals surface area contributed by atoms with Gasteiger partial charge in [-0.1, -0.05) is 30.3 Å². The smallest absolute Gasteiger partial charge is 0.235 e. The third kappa shape index (κ3) is 4.43. The van der Waals surface area contributed by atoms with Crippen LogP contribution in [0.3, 0.4) is 0 Å². The number of Topliss-reactive ketones (excluding diaryl/α,β-unsaturated/α-hetero) is 1. The topological polar surface area (TPSA) is 72.5 Å². The fraction of sp³-hybridized carbons (Fsp3) is 0.192. The van der Waals surface area contributed by atoms with Crippen LogP contribution in [0, 0.1) is 0 Å². The van der Waals surface area contributed by atoms with E-state index in [9.17, 15) is 4.79 Å². The van der Waals surface area contributed by atoms with E-state index in [-0.39, 0.29) is 11.5 Å². The lowest BCUT2D eigenvalue weighted by Crippen LogP contribution is -2.02. The molecule has 0 atom stereocenters.